The van der Waals surface area contributed by atoms with Crippen LogP contribution in [0.3, 0.4) is 0 Å². The van der Waals surface area contributed by atoms with E-state index in [0.29, 0.717) is 5.56 Å². The highest BCUT2D eigenvalue weighted by Crippen LogP contribution is 2.16. The summed E-state index contributed by atoms with van der Waals surface area (Å²) in [5.74, 6) is 0. The van der Waals surface area contributed by atoms with Crippen LogP contribution in [-0.2, 0) is 14.1 Å². The van der Waals surface area contributed by atoms with Crippen molar-refractivity contribution in [3.8, 4) is 11.3 Å². The smallest absolute Gasteiger partial charge is 0.275 e. The second-order valence-electron chi connectivity index (χ2n) is 3.37. The van der Waals surface area contributed by atoms with Crippen LogP contribution < -0.4 is 5.56 Å². The third-order valence-corrected chi connectivity index (χ3v) is 2.30. The van der Waals surface area contributed by atoms with Gasteiger partial charge in [0.2, 0.25) is 0 Å². The number of hydrogen-bond donors (Lipinski definition) is 1. The molecule has 0 amide bonds. The Kier molecular flexibility index (Phi) is 1.80. The maximum Gasteiger partial charge on any atom is 0.275 e. The molecule has 0 aromatic carbocycles. The van der Waals surface area contributed by atoms with Crippen molar-refractivity contribution in [2.24, 2.45) is 14.1 Å². The first-order chi connectivity index (χ1) is 6.61. The lowest BCUT2D eigenvalue weighted by Crippen LogP contribution is -2.13. The monoisotopic (exact) mass is 192 g/mol. The van der Waals surface area contributed by atoms with Crippen molar-refractivity contribution in [2.75, 3.05) is 0 Å². The number of aromatic nitrogens is 4. The van der Waals surface area contributed by atoms with Gasteiger partial charge < -0.3 is 4.57 Å². The molecule has 2 heterocycles. The van der Waals surface area contributed by atoms with E-state index >= 15 is 0 Å². The summed E-state index contributed by atoms with van der Waals surface area (Å²) in [6, 6.07) is 0. The van der Waals surface area contributed by atoms with Gasteiger partial charge in [-0.25, -0.2) is 4.98 Å². The van der Waals surface area contributed by atoms with E-state index in [1.54, 1.807) is 19.6 Å². The van der Waals surface area contributed by atoms with E-state index in [4.69, 9.17) is 0 Å². The van der Waals surface area contributed by atoms with Crippen molar-refractivity contribution < 1.29 is 0 Å². The summed E-state index contributed by atoms with van der Waals surface area (Å²) in [5.41, 5.74) is 2.36. The number of rotatable bonds is 1. The van der Waals surface area contributed by atoms with Crippen LogP contribution in [0, 0.1) is 6.92 Å². The fourth-order valence-electron chi connectivity index (χ4n) is 1.59. The topological polar surface area (TPSA) is 55.6 Å². The molecule has 0 aliphatic rings. The van der Waals surface area contributed by atoms with Gasteiger partial charge in [-0.3, -0.25) is 14.6 Å². The number of imidazole rings is 1. The first-order valence-corrected chi connectivity index (χ1v) is 4.33. The van der Waals surface area contributed by atoms with Crippen LogP contribution in [-0.4, -0.2) is 19.3 Å². The van der Waals surface area contributed by atoms with E-state index in [0.717, 1.165) is 11.4 Å². The van der Waals surface area contributed by atoms with Gasteiger partial charge in [0.05, 0.1) is 23.8 Å². The van der Waals surface area contributed by atoms with Gasteiger partial charge >= 0.3 is 0 Å². The average molecular weight is 192 g/mol. The zero-order valence-electron chi connectivity index (χ0n) is 8.40. The van der Waals surface area contributed by atoms with E-state index in [-0.39, 0.29) is 5.56 Å². The fourth-order valence-corrected chi connectivity index (χ4v) is 1.59. The van der Waals surface area contributed by atoms with Gasteiger partial charge in [-0.15, -0.1) is 0 Å². The maximum absolute atomic E-state index is 11.7. The average Bonchev–Trinajstić information content (AvgIpc) is 2.60. The number of nitrogens with zero attached hydrogens (tertiary/aromatic N) is 3. The maximum atomic E-state index is 11.7. The van der Waals surface area contributed by atoms with Crippen LogP contribution in [0.25, 0.3) is 11.3 Å². The molecule has 0 radical (unpaired) electrons. The van der Waals surface area contributed by atoms with E-state index in [1.165, 1.54) is 4.68 Å². The van der Waals surface area contributed by atoms with Gasteiger partial charge in [0.25, 0.3) is 5.56 Å². The summed E-state index contributed by atoms with van der Waals surface area (Å²) < 4.78 is 3.30. The molecule has 14 heavy (non-hydrogen) atoms. The van der Waals surface area contributed by atoms with Crippen molar-refractivity contribution in [3.63, 3.8) is 0 Å². The summed E-state index contributed by atoms with van der Waals surface area (Å²) in [4.78, 5) is 15.7. The third-order valence-electron chi connectivity index (χ3n) is 2.30. The summed E-state index contributed by atoms with van der Waals surface area (Å²) in [5, 5.41) is 2.95. The second-order valence-corrected chi connectivity index (χ2v) is 3.37. The lowest BCUT2D eigenvalue weighted by Gasteiger charge is -1.97. The van der Waals surface area contributed by atoms with Crippen LogP contribution in [0.2, 0.25) is 0 Å². The van der Waals surface area contributed by atoms with Crippen LogP contribution in [0.15, 0.2) is 17.3 Å². The molecule has 0 aliphatic heterocycles. The first-order valence-electron chi connectivity index (χ1n) is 4.33. The van der Waals surface area contributed by atoms with Crippen LogP contribution in [0.4, 0.5) is 0 Å². The highest BCUT2D eigenvalue weighted by molar-refractivity contribution is 5.60. The molecule has 2 rings (SSSR count). The number of nitrogens with one attached hydrogen (secondary N) is 1. The molecule has 0 aliphatic carbocycles. The van der Waals surface area contributed by atoms with E-state index < -0.39 is 0 Å². The number of aromatic amines is 1. The summed E-state index contributed by atoms with van der Waals surface area (Å²) in [7, 11) is 3.57. The molecule has 1 N–H and O–H groups in total. The lowest BCUT2D eigenvalue weighted by atomic mass is 10.2. The van der Waals surface area contributed by atoms with Gasteiger partial charge in [-0.1, -0.05) is 0 Å². The van der Waals surface area contributed by atoms with Gasteiger partial charge in [0, 0.05) is 19.8 Å². The molecule has 0 saturated carbocycles. The van der Waals surface area contributed by atoms with Crippen molar-refractivity contribution in [1.82, 2.24) is 19.3 Å². The Labute approximate surface area is 81.0 Å². The van der Waals surface area contributed by atoms with Crippen LogP contribution in [0.1, 0.15) is 5.69 Å². The molecule has 0 spiro atoms. The van der Waals surface area contributed by atoms with Gasteiger partial charge in [0.15, 0.2) is 0 Å². The molecule has 0 unspecified atom stereocenters. The highest BCUT2D eigenvalue weighted by Gasteiger charge is 2.13. The Morgan fingerprint density at radius 3 is 2.57 bits per heavy atom. The Morgan fingerprint density at radius 1 is 1.43 bits per heavy atom. The van der Waals surface area contributed by atoms with E-state index in [1.807, 2.05) is 18.5 Å². The third kappa shape index (κ3) is 1.09. The molecule has 5 heteroatoms. The second kappa shape index (κ2) is 2.87. The number of hydrogen-bond acceptors (Lipinski definition) is 2. The highest BCUT2D eigenvalue weighted by atomic mass is 16.1. The van der Waals surface area contributed by atoms with E-state index in [9.17, 15) is 4.79 Å². The number of H-pyrrole nitrogens is 1. The Morgan fingerprint density at radius 2 is 2.14 bits per heavy atom. The standard InChI is InChI=1S/C9H12N4O/c1-6-8(9(14)13(3)11-6)7-4-10-5-12(7)2/h4-5,11H,1-3H3. The molecule has 2 aromatic rings. The SMILES string of the molecule is Cc1[nH]n(C)c(=O)c1-c1cncn1C. The Balaban J connectivity index is 2.74. The lowest BCUT2D eigenvalue weighted by molar-refractivity contribution is 0.731. The molecule has 0 atom stereocenters. The van der Waals surface area contributed by atoms with Gasteiger partial charge in [-0.2, -0.15) is 0 Å². The molecule has 5 nitrogen and oxygen atoms in total. The van der Waals surface area contributed by atoms with Gasteiger partial charge in [-0.05, 0) is 6.92 Å². The molecule has 0 saturated heterocycles. The Hall–Kier alpha value is -1.78. The number of aryl methyl sites for hydroxylation is 3. The molecular formula is C9H12N4O. The summed E-state index contributed by atoms with van der Waals surface area (Å²) in [6.07, 6.45) is 3.37. The minimum absolute atomic E-state index is 0.0221. The zero-order chi connectivity index (χ0) is 10.3. The zero-order valence-corrected chi connectivity index (χ0v) is 8.40. The summed E-state index contributed by atoms with van der Waals surface area (Å²) >= 11 is 0. The quantitative estimate of drug-likeness (QED) is 0.712. The first kappa shape index (κ1) is 8.80. The largest absolute Gasteiger partial charge is 0.334 e. The normalized spacial score (nSPS) is 10.8. The Bertz CT molecular complexity index is 517. The molecule has 0 bridgehead atoms. The van der Waals surface area contributed by atoms with Crippen molar-refractivity contribution >= 4 is 0 Å². The molecule has 74 valence electrons. The predicted molar refractivity (Wildman–Crippen MR) is 53.0 cm³/mol. The summed E-state index contributed by atoms with van der Waals surface area (Å²) in [6.45, 7) is 1.88. The van der Waals surface area contributed by atoms with Crippen molar-refractivity contribution in [3.05, 3.63) is 28.6 Å². The minimum atomic E-state index is -0.0221. The van der Waals surface area contributed by atoms with E-state index in [2.05, 4.69) is 10.1 Å². The van der Waals surface area contributed by atoms with Crippen LogP contribution >= 0.6 is 0 Å². The molecular weight excluding hydrogens is 180 g/mol. The van der Waals surface area contributed by atoms with Crippen molar-refractivity contribution in [2.45, 2.75) is 6.92 Å². The van der Waals surface area contributed by atoms with Crippen LogP contribution in [0.5, 0.6) is 0 Å². The van der Waals surface area contributed by atoms with Crippen molar-refractivity contribution in [1.29, 1.82) is 0 Å². The molecule has 2 aromatic heterocycles. The molecule has 0 fully saturated rings. The predicted octanol–water partition coefficient (Wildman–Crippen LogP) is 0.422. The minimum Gasteiger partial charge on any atom is -0.334 e. The van der Waals surface area contributed by atoms with Gasteiger partial charge in [0.1, 0.15) is 0 Å². The fraction of sp³-hybridized carbons (Fsp3) is 0.333.